The summed E-state index contributed by atoms with van der Waals surface area (Å²) in [4.78, 5) is 12.3. The fraction of sp³-hybridized carbons (Fsp3) is 0.222. The largest absolute Gasteiger partial charge is 0.322 e. The second-order valence-electron chi connectivity index (χ2n) is 5.38. The number of sulfonamides is 1. The van der Waals surface area contributed by atoms with Crippen molar-refractivity contribution in [1.82, 2.24) is 4.31 Å². The number of nitriles is 1. The van der Waals surface area contributed by atoms with Crippen molar-refractivity contribution in [2.45, 2.75) is 18.7 Å². The van der Waals surface area contributed by atoms with Gasteiger partial charge in [-0.1, -0.05) is 25.4 Å². The Morgan fingerprint density at radius 3 is 2.31 bits per heavy atom. The number of rotatable bonds is 6. The Kier molecular flexibility index (Phi) is 6.37. The van der Waals surface area contributed by atoms with Crippen LogP contribution in [0.2, 0.25) is 5.02 Å². The third kappa shape index (κ3) is 4.22. The van der Waals surface area contributed by atoms with Crippen LogP contribution < -0.4 is 5.32 Å². The van der Waals surface area contributed by atoms with Gasteiger partial charge in [-0.2, -0.15) is 9.57 Å². The van der Waals surface area contributed by atoms with Crippen molar-refractivity contribution in [1.29, 1.82) is 5.26 Å². The maximum Gasteiger partial charge on any atom is 0.255 e. The number of hydrogen-bond acceptors (Lipinski definition) is 4. The average Bonchev–Trinajstić information content (AvgIpc) is 2.63. The summed E-state index contributed by atoms with van der Waals surface area (Å²) in [5.74, 6) is -0.470. The molecule has 1 amide bonds. The van der Waals surface area contributed by atoms with Crippen LogP contribution in [0.4, 0.5) is 5.69 Å². The number of hydrogen-bond donors (Lipinski definition) is 1. The summed E-state index contributed by atoms with van der Waals surface area (Å²) < 4.78 is 26.7. The highest BCUT2D eigenvalue weighted by Gasteiger charge is 2.25. The van der Waals surface area contributed by atoms with E-state index in [0.717, 1.165) is 0 Å². The first-order valence-electron chi connectivity index (χ1n) is 7.94. The molecule has 0 aliphatic carbocycles. The second kappa shape index (κ2) is 8.32. The average molecular weight is 392 g/mol. The summed E-state index contributed by atoms with van der Waals surface area (Å²) in [7, 11) is -3.78. The van der Waals surface area contributed by atoms with Gasteiger partial charge in [0.1, 0.15) is 4.90 Å². The summed E-state index contributed by atoms with van der Waals surface area (Å²) in [5, 5.41) is 11.5. The molecular formula is C18H18ClN3O3S. The van der Waals surface area contributed by atoms with Crippen LogP contribution in [0.1, 0.15) is 29.8 Å². The number of anilines is 1. The SMILES string of the molecule is CCN(CC)S(=O)(=O)c1cc(C(=O)Nc2ccc(C#N)cc2)ccc1Cl. The molecule has 0 heterocycles. The highest BCUT2D eigenvalue weighted by Crippen LogP contribution is 2.26. The fourth-order valence-electron chi connectivity index (χ4n) is 2.38. The molecule has 6 nitrogen and oxygen atoms in total. The zero-order chi connectivity index (χ0) is 19.3. The Hall–Kier alpha value is -2.40. The number of halogens is 1. The molecule has 0 radical (unpaired) electrons. The lowest BCUT2D eigenvalue weighted by Gasteiger charge is -2.19. The first kappa shape index (κ1) is 19.9. The molecule has 0 saturated heterocycles. The number of carbonyl (C=O) groups excluding carboxylic acids is 1. The fourth-order valence-corrected chi connectivity index (χ4v) is 4.33. The first-order valence-corrected chi connectivity index (χ1v) is 9.76. The minimum Gasteiger partial charge on any atom is -0.322 e. The molecule has 2 rings (SSSR count). The van der Waals surface area contributed by atoms with E-state index in [2.05, 4.69) is 5.32 Å². The molecule has 1 N–H and O–H groups in total. The van der Waals surface area contributed by atoms with Crippen LogP contribution in [-0.2, 0) is 10.0 Å². The maximum atomic E-state index is 12.7. The Morgan fingerprint density at radius 2 is 1.77 bits per heavy atom. The van der Waals surface area contributed by atoms with Crippen molar-refractivity contribution in [3.8, 4) is 6.07 Å². The standard InChI is InChI=1S/C18H18ClN3O3S/c1-3-22(4-2)26(24,25)17-11-14(7-10-16(17)19)18(23)21-15-8-5-13(12-20)6-9-15/h5-11H,3-4H2,1-2H3,(H,21,23). The van der Waals surface area contributed by atoms with Crippen LogP contribution in [0.15, 0.2) is 47.4 Å². The topological polar surface area (TPSA) is 90.3 Å². The van der Waals surface area contributed by atoms with Crippen molar-refractivity contribution in [3.05, 3.63) is 58.6 Å². The van der Waals surface area contributed by atoms with Crippen molar-refractivity contribution >= 4 is 33.2 Å². The van der Waals surface area contributed by atoms with Gasteiger partial charge in [0.05, 0.1) is 16.7 Å². The van der Waals surface area contributed by atoms with Gasteiger partial charge in [-0.05, 0) is 42.5 Å². The molecule has 2 aromatic rings. The zero-order valence-electron chi connectivity index (χ0n) is 14.4. The van der Waals surface area contributed by atoms with Crippen molar-refractivity contribution in [2.24, 2.45) is 0 Å². The Labute approximate surface area is 158 Å². The molecule has 0 aliphatic rings. The monoisotopic (exact) mass is 391 g/mol. The van der Waals surface area contributed by atoms with Gasteiger partial charge >= 0.3 is 0 Å². The normalized spacial score (nSPS) is 11.2. The molecule has 0 unspecified atom stereocenters. The zero-order valence-corrected chi connectivity index (χ0v) is 15.9. The molecule has 0 saturated carbocycles. The van der Waals surface area contributed by atoms with E-state index in [1.165, 1.54) is 22.5 Å². The summed E-state index contributed by atoms with van der Waals surface area (Å²) >= 11 is 6.07. The molecule has 0 bridgehead atoms. The van der Waals surface area contributed by atoms with E-state index in [1.54, 1.807) is 38.1 Å². The van der Waals surface area contributed by atoms with Gasteiger partial charge in [-0.15, -0.1) is 0 Å². The van der Waals surface area contributed by atoms with Crippen LogP contribution in [0.25, 0.3) is 0 Å². The summed E-state index contributed by atoms with van der Waals surface area (Å²) in [6, 6.07) is 12.5. The van der Waals surface area contributed by atoms with E-state index in [4.69, 9.17) is 16.9 Å². The molecule has 0 fully saturated rings. The Balaban J connectivity index is 2.33. The van der Waals surface area contributed by atoms with Crippen LogP contribution in [0.5, 0.6) is 0 Å². The number of benzene rings is 2. The van der Waals surface area contributed by atoms with Gasteiger partial charge in [0.2, 0.25) is 10.0 Å². The summed E-state index contributed by atoms with van der Waals surface area (Å²) in [5.41, 5.74) is 1.14. The summed E-state index contributed by atoms with van der Waals surface area (Å²) in [6.45, 7) is 4.07. The molecule has 136 valence electrons. The lowest BCUT2D eigenvalue weighted by atomic mass is 10.2. The van der Waals surface area contributed by atoms with E-state index >= 15 is 0 Å². The molecule has 0 spiro atoms. The minimum absolute atomic E-state index is 0.0619. The molecule has 8 heteroatoms. The van der Waals surface area contributed by atoms with Crippen molar-refractivity contribution in [2.75, 3.05) is 18.4 Å². The highest BCUT2D eigenvalue weighted by molar-refractivity contribution is 7.89. The lowest BCUT2D eigenvalue weighted by Crippen LogP contribution is -2.31. The van der Waals surface area contributed by atoms with Gasteiger partial charge in [-0.3, -0.25) is 4.79 Å². The second-order valence-corrected chi connectivity index (χ2v) is 7.69. The molecule has 0 aliphatic heterocycles. The Morgan fingerprint density at radius 1 is 1.15 bits per heavy atom. The smallest absolute Gasteiger partial charge is 0.255 e. The van der Waals surface area contributed by atoms with Crippen LogP contribution in [0.3, 0.4) is 0 Å². The third-order valence-corrected chi connectivity index (χ3v) is 6.32. The van der Waals surface area contributed by atoms with Gasteiger partial charge in [-0.25, -0.2) is 8.42 Å². The molecule has 2 aromatic carbocycles. The van der Waals surface area contributed by atoms with Gasteiger partial charge in [0, 0.05) is 24.3 Å². The van der Waals surface area contributed by atoms with E-state index in [1.807, 2.05) is 6.07 Å². The quantitative estimate of drug-likeness (QED) is 0.815. The molecule has 26 heavy (non-hydrogen) atoms. The Bertz CT molecular complexity index is 947. The maximum absolute atomic E-state index is 12.7. The van der Waals surface area contributed by atoms with E-state index < -0.39 is 15.9 Å². The number of amides is 1. The molecular weight excluding hydrogens is 374 g/mol. The third-order valence-electron chi connectivity index (χ3n) is 3.79. The van der Waals surface area contributed by atoms with Crippen LogP contribution in [-0.4, -0.2) is 31.7 Å². The number of nitrogens with one attached hydrogen (secondary N) is 1. The van der Waals surface area contributed by atoms with Crippen molar-refractivity contribution in [3.63, 3.8) is 0 Å². The predicted molar refractivity (Wildman–Crippen MR) is 101 cm³/mol. The van der Waals surface area contributed by atoms with Gasteiger partial charge < -0.3 is 5.32 Å². The molecule has 0 atom stereocenters. The van der Waals surface area contributed by atoms with E-state index in [-0.39, 0.29) is 15.5 Å². The number of nitrogens with zero attached hydrogens (tertiary/aromatic N) is 2. The van der Waals surface area contributed by atoms with Crippen molar-refractivity contribution < 1.29 is 13.2 Å². The first-order chi connectivity index (χ1) is 12.3. The number of carbonyl (C=O) groups is 1. The lowest BCUT2D eigenvalue weighted by molar-refractivity contribution is 0.102. The highest BCUT2D eigenvalue weighted by atomic mass is 35.5. The summed E-state index contributed by atoms with van der Waals surface area (Å²) in [6.07, 6.45) is 0. The van der Waals surface area contributed by atoms with E-state index in [9.17, 15) is 13.2 Å². The van der Waals surface area contributed by atoms with Gasteiger partial charge in [0.15, 0.2) is 0 Å². The minimum atomic E-state index is -3.78. The van der Waals surface area contributed by atoms with Gasteiger partial charge in [0.25, 0.3) is 5.91 Å². The molecule has 0 aromatic heterocycles. The van der Waals surface area contributed by atoms with E-state index in [0.29, 0.717) is 24.3 Å². The van der Waals surface area contributed by atoms with Crippen LogP contribution in [0, 0.1) is 11.3 Å². The van der Waals surface area contributed by atoms with Crippen LogP contribution >= 0.6 is 11.6 Å². The predicted octanol–water partition coefficient (Wildman–Crippen LogP) is 3.49.